The molecule has 7 aromatic carbocycles. The Labute approximate surface area is 302 Å². The third-order valence-electron chi connectivity index (χ3n) is 10.6. The fourth-order valence-electron chi connectivity index (χ4n) is 8.32. The molecule has 10 rings (SSSR count). The lowest BCUT2D eigenvalue weighted by Gasteiger charge is -2.41. The minimum atomic E-state index is -0.556. The van der Waals surface area contributed by atoms with Gasteiger partial charge in [0, 0.05) is 23.5 Å². The third kappa shape index (κ3) is 4.55. The molecule has 1 aliphatic carbocycles. The number of nitriles is 1. The van der Waals surface area contributed by atoms with Crippen LogP contribution in [0.4, 0.5) is 0 Å². The second kappa shape index (κ2) is 11.9. The van der Waals surface area contributed by atoms with Gasteiger partial charge in [-0.15, -0.1) is 0 Å². The quantitative estimate of drug-likeness (QED) is 0.203. The van der Waals surface area contributed by atoms with Gasteiger partial charge in [0.05, 0.1) is 17.0 Å². The molecule has 0 bridgehead atoms. The Balaban J connectivity index is 1.13. The second-order valence-corrected chi connectivity index (χ2v) is 13.4. The number of fused-ring (bicyclic) bond motifs is 9. The van der Waals surface area contributed by atoms with Gasteiger partial charge in [-0.25, -0.2) is 0 Å². The van der Waals surface area contributed by atoms with E-state index >= 15 is 0 Å². The van der Waals surface area contributed by atoms with Crippen LogP contribution >= 0.6 is 0 Å². The molecule has 52 heavy (non-hydrogen) atoms. The van der Waals surface area contributed by atoms with Crippen molar-refractivity contribution in [1.29, 1.82) is 5.26 Å². The Hall–Kier alpha value is -6.74. The molecule has 2 unspecified atom stereocenters. The smallest absolute Gasteiger partial charge is 0.132 e. The van der Waals surface area contributed by atoms with Crippen LogP contribution in [0, 0.1) is 11.3 Å². The molecule has 0 radical (unpaired) electrons. The maximum Gasteiger partial charge on any atom is 0.132 e. The standard InChI is InChI=1S/C47H31N4O/c48-29-30-21-23-31(24-22-30)32-25-27-34(28-26-32)45-49-44(33-11-2-1-3-12-33)50-46(51-45)36-14-10-18-40-43(36)35-13-4-5-15-37(35)47(40)38-16-6-8-19-41(38)52-42-20-9-7-17-39(42)47/h1-28,45-46,51H/q-1. The molecular weight excluding hydrogens is 637 g/mol. The highest BCUT2D eigenvalue weighted by atomic mass is 16.5. The van der Waals surface area contributed by atoms with E-state index < -0.39 is 5.41 Å². The van der Waals surface area contributed by atoms with Crippen LogP contribution in [-0.2, 0) is 5.41 Å². The average molecular weight is 668 g/mol. The zero-order valence-electron chi connectivity index (χ0n) is 28.1. The molecule has 0 saturated carbocycles. The van der Waals surface area contributed by atoms with E-state index in [2.05, 4.69) is 127 Å². The van der Waals surface area contributed by atoms with E-state index in [4.69, 9.17) is 15.0 Å². The summed E-state index contributed by atoms with van der Waals surface area (Å²) in [5, 5.41) is 18.3. The van der Waals surface area contributed by atoms with Gasteiger partial charge in [-0.2, -0.15) is 5.26 Å². The molecular formula is C47H31N4O-. The minimum Gasteiger partial charge on any atom is -0.457 e. The predicted molar refractivity (Wildman–Crippen MR) is 205 cm³/mol. The molecule has 2 atom stereocenters. The molecule has 3 aliphatic rings. The van der Waals surface area contributed by atoms with Crippen LogP contribution in [0.1, 0.15) is 56.8 Å². The average Bonchev–Trinajstić information content (AvgIpc) is 3.52. The molecule has 1 N–H and O–H groups in total. The van der Waals surface area contributed by atoms with Gasteiger partial charge in [0.2, 0.25) is 0 Å². The summed E-state index contributed by atoms with van der Waals surface area (Å²) in [4.78, 5) is 5.34. The van der Waals surface area contributed by atoms with Gasteiger partial charge in [0.25, 0.3) is 0 Å². The Kier molecular flexibility index (Phi) is 6.92. The van der Waals surface area contributed by atoms with Crippen molar-refractivity contribution in [2.75, 3.05) is 0 Å². The molecule has 7 aromatic rings. The van der Waals surface area contributed by atoms with E-state index in [0.717, 1.165) is 50.4 Å². The Morgan fingerprint density at radius 2 is 1.17 bits per heavy atom. The summed E-state index contributed by atoms with van der Waals surface area (Å²) in [7, 11) is 0. The van der Waals surface area contributed by atoms with Gasteiger partial charge in [0.15, 0.2) is 0 Å². The molecule has 2 heterocycles. The largest absolute Gasteiger partial charge is 0.457 e. The normalized spacial score (nSPS) is 17.3. The van der Waals surface area contributed by atoms with Gasteiger partial charge < -0.3 is 20.4 Å². The minimum absolute atomic E-state index is 0.335. The zero-order chi connectivity index (χ0) is 34.6. The maximum absolute atomic E-state index is 9.25. The number of ether oxygens (including phenoxy) is 1. The fourth-order valence-corrected chi connectivity index (χ4v) is 8.32. The van der Waals surface area contributed by atoms with E-state index in [-0.39, 0.29) is 12.3 Å². The van der Waals surface area contributed by atoms with Crippen LogP contribution < -0.4 is 10.1 Å². The van der Waals surface area contributed by atoms with Crippen LogP contribution in [0.5, 0.6) is 11.5 Å². The molecule has 1 spiro atoms. The van der Waals surface area contributed by atoms with Crippen LogP contribution in [0.15, 0.2) is 175 Å². The highest BCUT2D eigenvalue weighted by molar-refractivity contribution is 6.09. The van der Waals surface area contributed by atoms with Crippen molar-refractivity contribution in [3.05, 3.63) is 220 Å². The van der Waals surface area contributed by atoms with E-state index in [0.29, 0.717) is 11.4 Å². The van der Waals surface area contributed by atoms with Gasteiger partial charge >= 0.3 is 0 Å². The van der Waals surface area contributed by atoms with Crippen molar-refractivity contribution in [2.24, 2.45) is 4.99 Å². The first-order valence-electron chi connectivity index (χ1n) is 17.5. The number of nitrogens with zero attached hydrogens (tertiary/aromatic N) is 3. The Bertz CT molecular complexity index is 2520. The summed E-state index contributed by atoms with van der Waals surface area (Å²) in [5.74, 6) is 2.46. The van der Waals surface area contributed by atoms with Crippen LogP contribution in [0.25, 0.3) is 27.6 Å². The maximum atomic E-state index is 9.25. The number of hydrogen-bond acceptors (Lipinski definition) is 4. The molecule has 5 nitrogen and oxygen atoms in total. The van der Waals surface area contributed by atoms with Gasteiger partial charge in [-0.05, 0) is 74.3 Å². The first kappa shape index (κ1) is 30.1. The number of nitrogens with one attached hydrogen (secondary N) is 1. The summed E-state index contributed by atoms with van der Waals surface area (Å²) in [5.41, 5.74) is 12.5. The molecule has 0 fully saturated rings. The van der Waals surface area contributed by atoms with Gasteiger partial charge in [0.1, 0.15) is 11.5 Å². The first-order valence-corrected chi connectivity index (χ1v) is 17.5. The fraction of sp³-hybridized carbons (Fsp3) is 0.0638. The Morgan fingerprint density at radius 3 is 1.87 bits per heavy atom. The van der Waals surface area contributed by atoms with Crippen molar-refractivity contribution in [1.82, 2.24) is 5.32 Å². The molecule has 0 saturated heterocycles. The van der Waals surface area contributed by atoms with Crippen LogP contribution in [0.3, 0.4) is 0 Å². The lowest BCUT2D eigenvalue weighted by molar-refractivity contribution is 0.436. The summed E-state index contributed by atoms with van der Waals surface area (Å²) >= 11 is 0. The lowest BCUT2D eigenvalue weighted by Crippen LogP contribution is -2.33. The van der Waals surface area contributed by atoms with Crippen molar-refractivity contribution >= 4 is 5.84 Å². The first-order chi connectivity index (χ1) is 25.7. The molecule has 246 valence electrons. The van der Waals surface area contributed by atoms with Gasteiger partial charge in [-0.3, -0.25) is 0 Å². The summed E-state index contributed by atoms with van der Waals surface area (Å²) in [6.07, 6.45) is -0.710. The highest BCUT2D eigenvalue weighted by Crippen LogP contribution is 2.63. The highest BCUT2D eigenvalue weighted by Gasteiger charge is 2.51. The van der Waals surface area contributed by atoms with E-state index in [1.807, 2.05) is 54.6 Å². The number of amidine groups is 1. The monoisotopic (exact) mass is 667 g/mol. The Morgan fingerprint density at radius 1 is 0.577 bits per heavy atom. The molecule has 2 aliphatic heterocycles. The third-order valence-corrected chi connectivity index (χ3v) is 10.6. The van der Waals surface area contributed by atoms with Crippen molar-refractivity contribution < 1.29 is 4.74 Å². The number of rotatable bonds is 4. The summed E-state index contributed by atoms with van der Waals surface area (Å²) < 4.78 is 6.55. The number of hydrogen-bond donors (Lipinski definition) is 1. The lowest BCUT2D eigenvalue weighted by atomic mass is 9.66. The topological polar surface area (TPSA) is 71.5 Å². The van der Waals surface area contributed by atoms with Crippen molar-refractivity contribution in [3.63, 3.8) is 0 Å². The SMILES string of the molecule is N#Cc1ccc(-c2ccc(C3[N-]C(c4ccccc4)=NC(c4cccc5c4-c4ccccc4C54c5ccccc5Oc5ccccc54)N3)cc2)cc1. The number of aliphatic imine (C=N–C) groups is 1. The van der Waals surface area contributed by atoms with E-state index in [9.17, 15) is 5.26 Å². The van der Waals surface area contributed by atoms with E-state index in [1.165, 1.54) is 22.3 Å². The van der Waals surface area contributed by atoms with Crippen LogP contribution in [0.2, 0.25) is 0 Å². The van der Waals surface area contributed by atoms with Gasteiger partial charge in [-0.1, -0.05) is 151 Å². The molecule has 0 amide bonds. The van der Waals surface area contributed by atoms with E-state index in [1.54, 1.807) is 0 Å². The molecule has 5 heteroatoms. The predicted octanol–water partition coefficient (Wildman–Crippen LogP) is 10.8. The van der Waals surface area contributed by atoms with Crippen molar-refractivity contribution in [3.8, 4) is 39.8 Å². The number of para-hydroxylation sites is 2. The second-order valence-electron chi connectivity index (χ2n) is 13.4. The summed E-state index contributed by atoms with van der Waals surface area (Å²) in [6, 6.07) is 61.0. The van der Waals surface area contributed by atoms with Crippen molar-refractivity contribution in [2.45, 2.75) is 17.7 Å². The summed E-state index contributed by atoms with van der Waals surface area (Å²) in [6.45, 7) is 0. The number of benzene rings is 7. The van der Waals surface area contributed by atoms with Crippen LogP contribution in [-0.4, -0.2) is 5.84 Å². The zero-order valence-corrected chi connectivity index (χ0v) is 28.1. The molecule has 0 aromatic heterocycles.